The molecular formula is C19H26N2O4S2. The minimum Gasteiger partial charge on any atom is -0.396 e. The summed E-state index contributed by atoms with van der Waals surface area (Å²) >= 11 is 1.58. The summed E-state index contributed by atoms with van der Waals surface area (Å²) in [4.78, 5) is 13.5. The van der Waals surface area contributed by atoms with Crippen LogP contribution in [0.5, 0.6) is 0 Å². The van der Waals surface area contributed by atoms with E-state index in [1.165, 1.54) is 0 Å². The van der Waals surface area contributed by atoms with Crippen molar-refractivity contribution in [3.8, 4) is 6.07 Å². The first-order valence-corrected chi connectivity index (χ1v) is 11.8. The molecule has 0 unspecified atom stereocenters. The molecule has 0 aromatic heterocycles. The molecule has 0 radical (unpaired) electrons. The Hall–Kier alpha value is -1.56. The Morgan fingerprint density at radius 2 is 1.96 bits per heavy atom. The molecule has 1 aliphatic rings. The third-order valence-corrected chi connectivity index (χ3v) is 7.73. The van der Waals surface area contributed by atoms with Crippen LogP contribution in [0.1, 0.15) is 32.1 Å². The number of amides is 1. The number of hydrogen-bond acceptors (Lipinski definition) is 6. The predicted octanol–water partition coefficient (Wildman–Crippen LogP) is 2.38. The van der Waals surface area contributed by atoms with Crippen molar-refractivity contribution in [2.75, 3.05) is 24.7 Å². The summed E-state index contributed by atoms with van der Waals surface area (Å²) in [7, 11) is -3.48. The molecule has 8 heteroatoms. The fraction of sp³-hybridized carbons (Fsp3) is 0.579. The molecule has 2 N–H and O–H groups in total. The van der Waals surface area contributed by atoms with Crippen LogP contribution in [-0.4, -0.2) is 44.1 Å². The van der Waals surface area contributed by atoms with E-state index >= 15 is 0 Å². The SMILES string of the molecule is N#CCNC(=O)[C@H]1CCCC[C@@H]1CS(=O)(=O)c1ccc(SCCCO)cc1. The van der Waals surface area contributed by atoms with Gasteiger partial charge in [0, 0.05) is 23.2 Å². The molecule has 6 nitrogen and oxygen atoms in total. The zero-order chi connectivity index (χ0) is 19.7. The van der Waals surface area contributed by atoms with Gasteiger partial charge in [-0.2, -0.15) is 5.26 Å². The van der Waals surface area contributed by atoms with Gasteiger partial charge in [-0.15, -0.1) is 11.8 Å². The number of nitriles is 1. The van der Waals surface area contributed by atoms with E-state index in [-0.39, 0.29) is 41.5 Å². The highest BCUT2D eigenvalue weighted by Crippen LogP contribution is 2.33. The Bertz CT molecular complexity index is 757. The van der Waals surface area contributed by atoms with Crippen molar-refractivity contribution in [3.63, 3.8) is 0 Å². The number of carbonyl (C=O) groups is 1. The lowest BCUT2D eigenvalue weighted by atomic mass is 9.80. The van der Waals surface area contributed by atoms with Gasteiger partial charge in [-0.3, -0.25) is 4.79 Å². The second-order valence-electron chi connectivity index (χ2n) is 6.71. The normalized spacial score (nSPS) is 20.0. The number of nitrogens with zero attached hydrogens (tertiary/aromatic N) is 1. The van der Waals surface area contributed by atoms with Gasteiger partial charge < -0.3 is 10.4 Å². The molecular weight excluding hydrogens is 384 g/mol. The van der Waals surface area contributed by atoms with Crippen molar-refractivity contribution in [1.82, 2.24) is 5.32 Å². The molecule has 2 atom stereocenters. The zero-order valence-corrected chi connectivity index (χ0v) is 16.9. The quantitative estimate of drug-likeness (QED) is 0.368. The molecule has 1 aliphatic carbocycles. The van der Waals surface area contributed by atoms with Crippen molar-refractivity contribution >= 4 is 27.5 Å². The summed E-state index contributed by atoms with van der Waals surface area (Å²) < 4.78 is 25.7. The molecule has 0 saturated heterocycles. The van der Waals surface area contributed by atoms with E-state index in [0.717, 1.165) is 23.5 Å². The van der Waals surface area contributed by atoms with Crippen molar-refractivity contribution < 1.29 is 18.3 Å². The molecule has 1 aromatic rings. The van der Waals surface area contributed by atoms with E-state index in [1.54, 1.807) is 36.0 Å². The van der Waals surface area contributed by atoms with Gasteiger partial charge >= 0.3 is 0 Å². The highest BCUT2D eigenvalue weighted by Gasteiger charge is 2.34. The van der Waals surface area contributed by atoms with Gasteiger partial charge in [0.15, 0.2) is 9.84 Å². The topological polar surface area (TPSA) is 107 Å². The first kappa shape index (κ1) is 21.7. The molecule has 0 spiro atoms. The summed E-state index contributed by atoms with van der Waals surface area (Å²) in [6, 6.07) is 8.68. The van der Waals surface area contributed by atoms with E-state index in [1.807, 2.05) is 6.07 Å². The number of hydrogen-bond donors (Lipinski definition) is 2. The van der Waals surface area contributed by atoms with Crippen LogP contribution in [0.4, 0.5) is 0 Å². The number of thioether (sulfide) groups is 1. The molecule has 27 heavy (non-hydrogen) atoms. The van der Waals surface area contributed by atoms with Crippen molar-refractivity contribution in [1.29, 1.82) is 5.26 Å². The second-order valence-corrected chi connectivity index (χ2v) is 9.91. The zero-order valence-electron chi connectivity index (χ0n) is 15.3. The van der Waals surface area contributed by atoms with E-state index in [9.17, 15) is 13.2 Å². The van der Waals surface area contributed by atoms with Gasteiger partial charge in [-0.05, 0) is 49.4 Å². The van der Waals surface area contributed by atoms with Crippen LogP contribution in [0.15, 0.2) is 34.1 Å². The fourth-order valence-corrected chi connectivity index (χ4v) is 5.93. The second kappa shape index (κ2) is 10.7. The summed E-state index contributed by atoms with van der Waals surface area (Å²) in [6.07, 6.45) is 3.89. The highest BCUT2D eigenvalue weighted by molar-refractivity contribution is 7.99. The minimum atomic E-state index is -3.48. The number of benzene rings is 1. The van der Waals surface area contributed by atoms with Crippen LogP contribution in [0.2, 0.25) is 0 Å². The minimum absolute atomic E-state index is 0.0470. The molecule has 2 rings (SSSR count). The van der Waals surface area contributed by atoms with Gasteiger partial charge in [0.25, 0.3) is 0 Å². The molecule has 1 saturated carbocycles. The fourth-order valence-electron chi connectivity index (χ4n) is 3.39. The van der Waals surface area contributed by atoms with E-state index < -0.39 is 9.84 Å². The van der Waals surface area contributed by atoms with Gasteiger partial charge in [0.05, 0.1) is 16.7 Å². The Kier molecular flexibility index (Phi) is 8.61. The van der Waals surface area contributed by atoms with E-state index in [2.05, 4.69) is 5.32 Å². The third kappa shape index (κ3) is 6.52. The lowest BCUT2D eigenvalue weighted by Crippen LogP contribution is -2.39. The molecule has 1 aromatic carbocycles. The number of nitrogens with one attached hydrogen (secondary N) is 1. The third-order valence-electron chi connectivity index (χ3n) is 4.78. The van der Waals surface area contributed by atoms with Crippen LogP contribution in [0, 0.1) is 23.2 Å². The Morgan fingerprint density at radius 1 is 1.26 bits per heavy atom. The largest absolute Gasteiger partial charge is 0.396 e. The summed E-state index contributed by atoms with van der Waals surface area (Å²) in [5, 5.41) is 20.0. The smallest absolute Gasteiger partial charge is 0.224 e. The van der Waals surface area contributed by atoms with Gasteiger partial charge in [-0.25, -0.2) is 8.42 Å². The summed E-state index contributed by atoms with van der Waals surface area (Å²) in [5.41, 5.74) is 0. The summed E-state index contributed by atoms with van der Waals surface area (Å²) in [6.45, 7) is 0.0914. The number of rotatable bonds is 9. The van der Waals surface area contributed by atoms with Crippen molar-refractivity contribution in [3.05, 3.63) is 24.3 Å². The first-order valence-electron chi connectivity index (χ1n) is 9.19. The lowest BCUT2D eigenvalue weighted by Gasteiger charge is -2.30. The number of sulfone groups is 1. The maximum absolute atomic E-state index is 12.8. The highest BCUT2D eigenvalue weighted by atomic mass is 32.2. The van der Waals surface area contributed by atoms with Gasteiger partial charge in [0.1, 0.15) is 6.54 Å². The molecule has 1 fully saturated rings. The lowest BCUT2D eigenvalue weighted by molar-refractivity contribution is -0.127. The van der Waals surface area contributed by atoms with Crippen molar-refractivity contribution in [2.45, 2.75) is 41.9 Å². The molecule has 0 bridgehead atoms. The van der Waals surface area contributed by atoms with Gasteiger partial charge in [0.2, 0.25) is 5.91 Å². The van der Waals surface area contributed by atoms with Gasteiger partial charge in [-0.1, -0.05) is 12.8 Å². The Labute approximate surface area is 165 Å². The Balaban J connectivity index is 2.04. The summed E-state index contributed by atoms with van der Waals surface area (Å²) in [5.74, 6) is -0.0537. The van der Waals surface area contributed by atoms with Crippen molar-refractivity contribution in [2.24, 2.45) is 11.8 Å². The number of aliphatic hydroxyl groups excluding tert-OH is 1. The Morgan fingerprint density at radius 3 is 2.63 bits per heavy atom. The number of carbonyl (C=O) groups excluding carboxylic acids is 1. The molecule has 0 aliphatic heterocycles. The molecule has 0 heterocycles. The van der Waals surface area contributed by atoms with Crippen LogP contribution in [0.25, 0.3) is 0 Å². The van der Waals surface area contributed by atoms with E-state index in [0.29, 0.717) is 19.3 Å². The molecule has 148 valence electrons. The van der Waals surface area contributed by atoms with Crippen LogP contribution in [0.3, 0.4) is 0 Å². The first-order chi connectivity index (χ1) is 13.0. The van der Waals surface area contributed by atoms with Crippen LogP contribution < -0.4 is 5.32 Å². The maximum atomic E-state index is 12.8. The average Bonchev–Trinajstić information content (AvgIpc) is 2.67. The average molecular weight is 411 g/mol. The number of aliphatic hydroxyl groups is 1. The maximum Gasteiger partial charge on any atom is 0.224 e. The monoisotopic (exact) mass is 410 g/mol. The predicted molar refractivity (Wildman–Crippen MR) is 105 cm³/mol. The van der Waals surface area contributed by atoms with Crippen LogP contribution >= 0.6 is 11.8 Å². The van der Waals surface area contributed by atoms with Crippen LogP contribution in [-0.2, 0) is 14.6 Å². The standard InChI is InChI=1S/C19H26N2O4S2/c20-10-11-21-19(23)18-5-2-1-4-15(18)14-27(24,25)17-8-6-16(7-9-17)26-13-3-12-22/h6-9,15,18,22H,1-5,11-14H2,(H,21,23)/t15-,18+/m1/s1. The molecule has 1 amide bonds. The van der Waals surface area contributed by atoms with E-state index in [4.69, 9.17) is 10.4 Å².